The van der Waals surface area contributed by atoms with Crippen molar-refractivity contribution in [1.29, 1.82) is 0 Å². The smallest absolute Gasteiger partial charge is 0.379 e. The first-order valence-electron chi connectivity index (χ1n) is 7.59. The van der Waals surface area contributed by atoms with Crippen molar-refractivity contribution in [3.05, 3.63) is 57.3 Å². The molecule has 0 aliphatic carbocycles. The van der Waals surface area contributed by atoms with Crippen molar-refractivity contribution in [1.82, 2.24) is 10.3 Å². The highest BCUT2D eigenvalue weighted by Crippen LogP contribution is 2.38. The van der Waals surface area contributed by atoms with Crippen molar-refractivity contribution in [2.45, 2.75) is 25.0 Å². The molecule has 0 radical (unpaired) electrons. The average molecular weight is 462 g/mol. The molecule has 0 fully saturated rings. The summed E-state index contributed by atoms with van der Waals surface area (Å²) in [5.74, 6) is 0. The lowest BCUT2D eigenvalue weighted by Crippen LogP contribution is -2.28. The maximum Gasteiger partial charge on any atom is 0.433 e. The van der Waals surface area contributed by atoms with E-state index in [9.17, 15) is 36.2 Å². The first-order chi connectivity index (χ1) is 13.3. The highest BCUT2D eigenvalue weighted by atomic mass is 35.5. The molecule has 2 amide bonds. The number of benzene rings is 1. The summed E-state index contributed by atoms with van der Waals surface area (Å²) in [4.78, 5) is 15.2. The Morgan fingerprint density at radius 3 is 2.14 bits per heavy atom. The van der Waals surface area contributed by atoms with Crippen LogP contribution < -0.4 is 10.6 Å². The Labute approximate surface area is 169 Å². The number of alkyl halides is 6. The Bertz CT molecular complexity index is 865. The monoisotopic (exact) mass is 461 g/mol. The van der Waals surface area contributed by atoms with Gasteiger partial charge in [-0.2, -0.15) is 26.3 Å². The van der Waals surface area contributed by atoms with Crippen LogP contribution in [-0.4, -0.2) is 22.3 Å². The van der Waals surface area contributed by atoms with E-state index in [-0.39, 0.29) is 27.8 Å². The molecule has 0 aliphatic rings. The molecular formula is C16H11Cl2F6N3O2. The Morgan fingerprint density at radius 1 is 1.10 bits per heavy atom. The summed E-state index contributed by atoms with van der Waals surface area (Å²) in [6, 6.07) is 2.57. The number of nitrogens with zero attached hydrogens (tertiary/aromatic N) is 1. The van der Waals surface area contributed by atoms with Crippen LogP contribution in [0.1, 0.15) is 22.9 Å². The summed E-state index contributed by atoms with van der Waals surface area (Å²) in [7, 11) is 0. The summed E-state index contributed by atoms with van der Waals surface area (Å²) < 4.78 is 75.1. The Hall–Kier alpha value is -2.24. The summed E-state index contributed by atoms with van der Waals surface area (Å²) in [6.45, 7) is -0.197. The van der Waals surface area contributed by atoms with Crippen LogP contribution in [0.25, 0.3) is 0 Å². The number of aliphatic hydroxyl groups excluding tert-OH is 1. The van der Waals surface area contributed by atoms with Crippen molar-refractivity contribution in [2.24, 2.45) is 0 Å². The molecule has 158 valence electrons. The number of anilines is 1. The van der Waals surface area contributed by atoms with Gasteiger partial charge in [0, 0.05) is 12.7 Å². The Balaban J connectivity index is 2.04. The molecule has 1 heterocycles. The number of pyridine rings is 1. The fourth-order valence-corrected chi connectivity index (χ4v) is 2.69. The van der Waals surface area contributed by atoms with Crippen LogP contribution in [0.4, 0.5) is 36.8 Å². The normalized spacial score (nSPS) is 13.1. The number of hydrogen-bond acceptors (Lipinski definition) is 3. The number of amides is 2. The van der Waals surface area contributed by atoms with Crippen LogP contribution >= 0.6 is 23.2 Å². The van der Waals surface area contributed by atoms with Gasteiger partial charge in [-0.3, -0.25) is 4.98 Å². The topological polar surface area (TPSA) is 74.2 Å². The van der Waals surface area contributed by atoms with Gasteiger partial charge in [0.25, 0.3) is 0 Å². The third-order valence-electron chi connectivity index (χ3n) is 3.50. The van der Waals surface area contributed by atoms with Gasteiger partial charge < -0.3 is 15.7 Å². The van der Waals surface area contributed by atoms with Gasteiger partial charge in [0.15, 0.2) is 6.10 Å². The fourth-order valence-electron chi connectivity index (χ4n) is 2.10. The number of aliphatic hydroxyl groups is 1. The maximum atomic E-state index is 12.6. The third-order valence-corrected chi connectivity index (χ3v) is 4.09. The molecule has 0 saturated carbocycles. The predicted molar refractivity (Wildman–Crippen MR) is 92.6 cm³/mol. The molecule has 13 heteroatoms. The number of halogens is 8. The Morgan fingerprint density at radius 2 is 1.69 bits per heavy atom. The van der Waals surface area contributed by atoms with Crippen molar-refractivity contribution >= 4 is 34.9 Å². The van der Waals surface area contributed by atoms with Crippen molar-refractivity contribution < 1.29 is 36.2 Å². The van der Waals surface area contributed by atoms with E-state index in [1.165, 1.54) is 0 Å². The van der Waals surface area contributed by atoms with E-state index in [4.69, 9.17) is 23.2 Å². The molecule has 3 N–H and O–H groups in total. The second-order valence-electron chi connectivity index (χ2n) is 5.66. The van der Waals surface area contributed by atoms with Gasteiger partial charge in [-0.15, -0.1) is 0 Å². The molecule has 29 heavy (non-hydrogen) atoms. The molecule has 0 saturated heterocycles. The summed E-state index contributed by atoms with van der Waals surface area (Å²) in [5.41, 5.74) is -1.66. The van der Waals surface area contributed by atoms with Gasteiger partial charge in [0.1, 0.15) is 5.69 Å². The molecule has 0 spiro atoms. The van der Waals surface area contributed by atoms with E-state index < -0.39 is 35.7 Å². The minimum atomic E-state index is -4.94. The maximum absolute atomic E-state index is 12.6. The molecule has 0 bridgehead atoms. The van der Waals surface area contributed by atoms with Gasteiger partial charge in [-0.05, 0) is 29.3 Å². The van der Waals surface area contributed by atoms with E-state index in [1.54, 1.807) is 0 Å². The van der Waals surface area contributed by atoms with Gasteiger partial charge in [-0.25, -0.2) is 4.79 Å². The molecule has 0 aliphatic heterocycles. The van der Waals surface area contributed by atoms with Crippen LogP contribution in [0.15, 0.2) is 30.5 Å². The summed E-state index contributed by atoms with van der Waals surface area (Å²) in [5, 5.41) is 13.0. The minimum Gasteiger partial charge on any atom is -0.379 e. The quantitative estimate of drug-likeness (QED) is 0.539. The molecule has 2 rings (SSSR count). The highest BCUT2D eigenvalue weighted by molar-refractivity contribution is 6.39. The highest BCUT2D eigenvalue weighted by Gasteiger charge is 2.40. The Kier molecular flexibility index (Phi) is 6.86. The SMILES string of the molecule is O=C(NCc1ccc(C(F)(F)F)nc1)Nc1c(Cl)cc([C@H](O)C(F)(F)F)cc1Cl. The second kappa shape index (κ2) is 8.64. The lowest BCUT2D eigenvalue weighted by Gasteiger charge is -2.17. The number of carbonyl (C=O) groups excluding carboxylic acids is 1. The van der Waals surface area contributed by atoms with E-state index in [0.29, 0.717) is 0 Å². The largest absolute Gasteiger partial charge is 0.433 e. The lowest BCUT2D eigenvalue weighted by atomic mass is 10.1. The zero-order valence-corrected chi connectivity index (χ0v) is 15.5. The van der Waals surface area contributed by atoms with Crippen molar-refractivity contribution in [2.75, 3.05) is 5.32 Å². The van der Waals surface area contributed by atoms with E-state index >= 15 is 0 Å². The van der Waals surface area contributed by atoms with Crippen molar-refractivity contribution in [3.63, 3.8) is 0 Å². The van der Waals surface area contributed by atoms with Crippen LogP contribution in [0.3, 0.4) is 0 Å². The number of rotatable bonds is 4. The molecule has 1 aromatic carbocycles. The zero-order valence-electron chi connectivity index (χ0n) is 14.0. The second-order valence-corrected chi connectivity index (χ2v) is 6.48. The van der Waals surface area contributed by atoms with Crippen LogP contribution in [-0.2, 0) is 12.7 Å². The average Bonchev–Trinajstić information content (AvgIpc) is 2.61. The predicted octanol–water partition coefficient (Wildman–Crippen LogP) is 5.32. The standard InChI is InChI=1S/C16H11Cl2F6N3O2/c17-9-3-8(13(28)16(22,23)24)4-10(18)12(9)27-14(29)26-6-7-1-2-11(25-5-7)15(19,20)21/h1-5,13,28H,6H2,(H2,26,27,29)/t13-/m0/s1. The van der Waals surface area contributed by atoms with Gasteiger partial charge >= 0.3 is 18.4 Å². The molecular weight excluding hydrogens is 451 g/mol. The number of nitrogens with one attached hydrogen (secondary N) is 2. The molecule has 2 aromatic rings. The van der Waals surface area contributed by atoms with Crippen LogP contribution in [0, 0.1) is 0 Å². The zero-order chi connectivity index (χ0) is 22.0. The van der Waals surface area contributed by atoms with E-state index in [0.717, 1.165) is 30.5 Å². The number of aromatic nitrogens is 1. The number of carbonyl (C=O) groups is 1. The third kappa shape index (κ3) is 6.12. The minimum absolute atomic E-state index is 0.197. The number of hydrogen-bond donors (Lipinski definition) is 3. The molecule has 1 aromatic heterocycles. The van der Waals surface area contributed by atoms with E-state index in [1.807, 2.05) is 0 Å². The van der Waals surface area contributed by atoms with Crippen molar-refractivity contribution in [3.8, 4) is 0 Å². The van der Waals surface area contributed by atoms with Crippen LogP contribution in [0.2, 0.25) is 10.0 Å². The summed E-state index contributed by atoms with van der Waals surface area (Å²) >= 11 is 11.7. The van der Waals surface area contributed by atoms with E-state index in [2.05, 4.69) is 15.6 Å². The summed E-state index contributed by atoms with van der Waals surface area (Å²) in [6.07, 6.45) is -11.4. The molecule has 0 unspecified atom stereocenters. The first-order valence-corrected chi connectivity index (χ1v) is 8.35. The fraction of sp³-hybridized carbons (Fsp3) is 0.250. The molecule has 1 atom stereocenters. The molecule has 5 nitrogen and oxygen atoms in total. The van der Waals surface area contributed by atoms with Crippen LogP contribution in [0.5, 0.6) is 0 Å². The van der Waals surface area contributed by atoms with Gasteiger partial charge in [0.2, 0.25) is 0 Å². The van der Waals surface area contributed by atoms with Gasteiger partial charge in [-0.1, -0.05) is 29.3 Å². The van der Waals surface area contributed by atoms with Gasteiger partial charge in [0.05, 0.1) is 15.7 Å². The first kappa shape index (κ1) is 23.0. The lowest BCUT2D eigenvalue weighted by molar-refractivity contribution is -0.206. The number of urea groups is 1.